The fourth-order valence-corrected chi connectivity index (χ4v) is 5.16. The summed E-state index contributed by atoms with van der Waals surface area (Å²) in [7, 11) is 0. The van der Waals surface area contributed by atoms with Gasteiger partial charge in [0.25, 0.3) is 0 Å². The van der Waals surface area contributed by atoms with E-state index in [4.69, 9.17) is 10.00 Å². The molecule has 0 unspecified atom stereocenters. The van der Waals surface area contributed by atoms with E-state index in [0.29, 0.717) is 9.13 Å². The molecule has 2 bridgehead atoms. The van der Waals surface area contributed by atoms with Crippen LogP contribution in [0, 0.1) is 26.7 Å². The molecule has 1 aromatic rings. The van der Waals surface area contributed by atoms with Crippen molar-refractivity contribution in [2.24, 2.45) is 11.8 Å². The van der Waals surface area contributed by atoms with Crippen LogP contribution in [0.5, 0.6) is 0 Å². The number of fused-ring (bicyclic) bond motifs is 5. The molecule has 136 valence electrons. The van der Waals surface area contributed by atoms with Gasteiger partial charge >= 0.3 is 0 Å². The molecule has 4 rings (SSSR count). The van der Waals surface area contributed by atoms with Gasteiger partial charge in [0.1, 0.15) is 17.3 Å². The van der Waals surface area contributed by atoms with Crippen molar-refractivity contribution in [1.82, 2.24) is 0 Å². The Balaban J connectivity index is 1.83. The maximum absolute atomic E-state index is 14.7. The van der Waals surface area contributed by atoms with Gasteiger partial charge in [0.2, 0.25) is 17.6 Å². The number of aliphatic hydroxyl groups is 2. The van der Waals surface area contributed by atoms with Gasteiger partial charge in [-0.05, 0) is 54.6 Å². The summed E-state index contributed by atoms with van der Waals surface area (Å²) in [6.07, 6.45) is -2.24. The molecule has 0 aliphatic carbocycles. The van der Waals surface area contributed by atoms with Gasteiger partial charge in [0, 0.05) is 3.57 Å². The molecule has 3 heterocycles. The van der Waals surface area contributed by atoms with Gasteiger partial charge in [-0.25, -0.2) is 9.29 Å². The molecule has 0 aromatic heterocycles. The van der Waals surface area contributed by atoms with E-state index in [1.54, 1.807) is 0 Å². The highest BCUT2D eigenvalue weighted by molar-refractivity contribution is 14.1. The molecule has 7 nitrogen and oxygen atoms in total. The Morgan fingerprint density at radius 2 is 1.88 bits per heavy atom. The van der Waals surface area contributed by atoms with Crippen LogP contribution in [0.15, 0.2) is 18.2 Å². The topological polar surface area (TPSA) is 111 Å². The second-order valence-electron chi connectivity index (χ2n) is 7.22. The number of nitrogens with zero attached hydrogens (tertiary/aromatic N) is 2. The molecule has 0 spiro atoms. The number of ether oxygens (including phenoxy) is 1. The van der Waals surface area contributed by atoms with E-state index in [1.807, 2.05) is 28.7 Å². The number of halogens is 2. The number of carbonyl (C=O) groups excluding carboxylic acids is 2. The minimum absolute atomic E-state index is 0.251. The maximum Gasteiger partial charge on any atom is 0.240 e. The minimum atomic E-state index is -2.88. The van der Waals surface area contributed by atoms with Crippen LogP contribution in [0.2, 0.25) is 0 Å². The van der Waals surface area contributed by atoms with Crippen molar-refractivity contribution in [2.75, 3.05) is 4.90 Å². The fourth-order valence-electron chi connectivity index (χ4n) is 4.54. The van der Waals surface area contributed by atoms with Crippen molar-refractivity contribution in [3.05, 3.63) is 27.3 Å². The SMILES string of the molecule is C[C@]12O[C@](C)([C@H]3C(=O)N(c4ccc(C#N)c(I)c4)C(=O)[C@H]31)C(O)(O)[C@@H]2F. The third kappa shape index (κ3) is 1.76. The Morgan fingerprint density at radius 3 is 2.46 bits per heavy atom. The maximum atomic E-state index is 14.7. The smallest absolute Gasteiger partial charge is 0.240 e. The highest BCUT2D eigenvalue weighted by atomic mass is 127. The lowest BCUT2D eigenvalue weighted by molar-refractivity contribution is -0.266. The van der Waals surface area contributed by atoms with E-state index in [9.17, 15) is 24.2 Å². The first-order chi connectivity index (χ1) is 12.0. The van der Waals surface area contributed by atoms with Crippen LogP contribution in [0.25, 0.3) is 0 Å². The number of alkyl halides is 1. The quantitative estimate of drug-likeness (QED) is 0.356. The van der Waals surface area contributed by atoms with Crippen LogP contribution in [-0.2, 0) is 14.3 Å². The van der Waals surface area contributed by atoms with Gasteiger partial charge in [-0.2, -0.15) is 5.26 Å². The Hall–Kier alpha value is -1.61. The number of anilines is 1. The first-order valence-electron chi connectivity index (χ1n) is 7.87. The van der Waals surface area contributed by atoms with E-state index < -0.39 is 46.8 Å². The van der Waals surface area contributed by atoms with E-state index in [0.717, 1.165) is 4.90 Å². The van der Waals surface area contributed by atoms with Gasteiger partial charge in [-0.15, -0.1) is 0 Å². The zero-order chi connectivity index (χ0) is 19.2. The Labute approximate surface area is 161 Å². The molecule has 2 amide bonds. The van der Waals surface area contributed by atoms with Crippen molar-refractivity contribution in [1.29, 1.82) is 5.26 Å². The molecule has 0 saturated carbocycles. The number of amides is 2. The lowest BCUT2D eigenvalue weighted by atomic mass is 9.65. The van der Waals surface area contributed by atoms with Gasteiger partial charge in [0.15, 0.2) is 6.17 Å². The molecule has 3 saturated heterocycles. The van der Waals surface area contributed by atoms with Crippen LogP contribution in [0.3, 0.4) is 0 Å². The first kappa shape index (κ1) is 17.8. The van der Waals surface area contributed by atoms with Gasteiger partial charge in [0.05, 0.1) is 23.1 Å². The molecular weight excluding hydrogens is 458 g/mol. The molecular formula is C17H14FIN2O5. The summed E-state index contributed by atoms with van der Waals surface area (Å²) in [5.74, 6) is -6.57. The molecule has 3 aliphatic heterocycles. The van der Waals surface area contributed by atoms with Gasteiger partial charge in [-0.3, -0.25) is 9.59 Å². The fraction of sp³-hybridized carbons (Fsp3) is 0.471. The van der Waals surface area contributed by atoms with Gasteiger partial charge < -0.3 is 14.9 Å². The summed E-state index contributed by atoms with van der Waals surface area (Å²) in [4.78, 5) is 26.9. The van der Waals surface area contributed by atoms with Crippen molar-refractivity contribution in [3.63, 3.8) is 0 Å². The van der Waals surface area contributed by atoms with Crippen molar-refractivity contribution in [2.45, 2.75) is 37.0 Å². The van der Waals surface area contributed by atoms with E-state index in [-0.39, 0.29) is 5.69 Å². The van der Waals surface area contributed by atoms with Crippen molar-refractivity contribution < 1.29 is 28.9 Å². The number of hydrogen-bond donors (Lipinski definition) is 2. The number of imide groups is 1. The first-order valence-corrected chi connectivity index (χ1v) is 8.95. The zero-order valence-corrected chi connectivity index (χ0v) is 15.9. The molecule has 1 aromatic carbocycles. The normalized spacial score (nSPS) is 40.0. The number of rotatable bonds is 1. The van der Waals surface area contributed by atoms with Crippen molar-refractivity contribution in [3.8, 4) is 6.07 Å². The van der Waals surface area contributed by atoms with E-state index in [1.165, 1.54) is 32.0 Å². The van der Waals surface area contributed by atoms with E-state index in [2.05, 4.69) is 0 Å². The van der Waals surface area contributed by atoms with Crippen LogP contribution in [-0.4, -0.2) is 45.2 Å². The number of benzene rings is 1. The molecule has 3 fully saturated rings. The van der Waals surface area contributed by atoms with Gasteiger partial charge in [-0.1, -0.05) is 0 Å². The third-order valence-corrected chi connectivity index (χ3v) is 6.76. The van der Waals surface area contributed by atoms with Crippen molar-refractivity contribution >= 4 is 40.1 Å². The Morgan fingerprint density at radius 1 is 1.27 bits per heavy atom. The van der Waals surface area contributed by atoms with Crippen LogP contribution in [0.1, 0.15) is 19.4 Å². The second kappa shape index (κ2) is 5.01. The Kier molecular flexibility index (Phi) is 3.43. The zero-order valence-electron chi connectivity index (χ0n) is 13.7. The number of carbonyl (C=O) groups is 2. The lowest BCUT2D eigenvalue weighted by Gasteiger charge is -2.40. The monoisotopic (exact) mass is 472 g/mol. The third-order valence-electron chi connectivity index (χ3n) is 5.87. The standard InChI is InChI=1S/C17H14FIN2O5/c1-15-10-11(16(2,26-15)17(24,25)14(15)18)13(23)21(12(10)22)8-4-3-7(6-20)9(19)5-8/h3-5,10-11,14,24-25H,1-2H3/t10-,11+,14+,15-,16+/m0/s1. The summed E-state index contributed by atoms with van der Waals surface area (Å²) < 4.78 is 20.8. The average Bonchev–Trinajstić information content (AvgIpc) is 3.04. The Bertz CT molecular complexity index is 915. The second-order valence-corrected chi connectivity index (χ2v) is 8.39. The summed E-state index contributed by atoms with van der Waals surface area (Å²) >= 11 is 1.92. The van der Waals surface area contributed by atoms with E-state index >= 15 is 0 Å². The van der Waals surface area contributed by atoms with Crippen LogP contribution in [0.4, 0.5) is 10.1 Å². The molecule has 26 heavy (non-hydrogen) atoms. The summed E-state index contributed by atoms with van der Waals surface area (Å²) in [6.45, 7) is 2.53. The largest absolute Gasteiger partial charge is 0.361 e. The summed E-state index contributed by atoms with van der Waals surface area (Å²) in [5.41, 5.74) is -3.11. The highest BCUT2D eigenvalue weighted by Gasteiger charge is 2.85. The lowest BCUT2D eigenvalue weighted by Crippen LogP contribution is -2.64. The molecule has 0 radical (unpaired) electrons. The predicted molar refractivity (Wildman–Crippen MR) is 93.3 cm³/mol. The average molecular weight is 472 g/mol. The van der Waals surface area contributed by atoms with Crippen LogP contribution < -0.4 is 4.90 Å². The summed E-state index contributed by atoms with van der Waals surface area (Å²) in [5, 5.41) is 29.5. The minimum Gasteiger partial charge on any atom is -0.361 e. The number of nitriles is 1. The molecule has 2 N–H and O–H groups in total. The molecule has 9 heteroatoms. The predicted octanol–water partition coefficient (Wildman–Crippen LogP) is 0.849. The number of hydrogen-bond acceptors (Lipinski definition) is 6. The molecule has 5 atom stereocenters. The molecule has 3 aliphatic rings. The summed E-state index contributed by atoms with van der Waals surface area (Å²) in [6, 6.07) is 6.46. The highest BCUT2D eigenvalue weighted by Crippen LogP contribution is 2.64. The van der Waals surface area contributed by atoms with Crippen LogP contribution >= 0.6 is 22.6 Å².